The number of nitrogens with zero attached hydrogens (tertiary/aromatic N) is 2. The number of hydrogen-bond donors (Lipinski definition) is 2. The van der Waals surface area contributed by atoms with Crippen LogP contribution in [0.5, 0.6) is 0 Å². The lowest BCUT2D eigenvalue weighted by atomic mass is 10.1. The Morgan fingerprint density at radius 2 is 2.05 bits per heavy atom. The fraction of sp³-hybridized carbons (Fsp3) is 0.429. The second kappa shape index (κ2) is 6.27. The van der Waals surface area contributed by atoms with Gasteiger partial charge >= 0.3 is 11.9 Å². The lowest BCUT2D eigenvalue weighted by Crippen LogP contribution is -2.33. The predicted molar refractivity (Wildman–Crippen MR) is 81.8 cm³/mol. The SMILES string of the molecule is CCCc1nc2scc(C(=O)O)c2c(=O)n1C(CC)C(=O)O. The predicted octanol–water partition coefficient (Wildman–Crippen LogP) is 2.14. The molecule has 22 heavy (non-hydrogen) atoms. The van der Waals surface area contributed by atoms with Crippen molar-refractivity contribution in [1.82, 2.24) is 9.55 Å². The maximum atomic E-state index is 12.7. The third-order valence-electron chi connectivity index (χ3n) is 3.40. The molecule has 0 radical (unpaired) electrons. The number of carboxylic acids is 2. The van der Waals surface area contributed by atoms with Gasteiger partial charge in [-0.2, -0.15) is 0 Å². The Kier molecular flexibility index (Phi) is 4.60. The van der Waals surface area contributed by atoms with E-state index in [-0.39, 0.29) is 17.4 Å². The molecule has 2 aromatic rings. The Balaban J connectivity index is 2.86. The molecule has 2 rings (SSSR count). The molecule has 2 aromatic heterocycles. The summed E-state index contributed by atoms with van der Waals surface area (Å²) in [5.41, 5.74) is -0.726. The number of aromatic nitrogens is 2. The monoisotopic (exact) mass is 324 g/mol. The van der Waals surface area contributed by atoms with Crippen molar-refractivity contribution in [2.75, 3.05) is 0 Å². The van der Waals surface area contributed by atoms with Crippen LogP contribution in [0.15, 0.2) is 10.2 Å². The number of aryl methyl sites for hydroxylation is 1. The highest BCUT2D eigenvalue weighted by molar-refractivity contribution is 7.17. The summed E-state index contributed by atoms with van der Waals surface area (Å²) in [7, 11) is 0. The van der Waals surface area contributed by atoms with Gasteiger partial charge in [-0.1, -0.05) is 13.8 Å². The Morgan fingerprint density at radius 1 is 1.36 bits per heavy atom. The molecular weight excluding hydrogens is 308 g/mol. The minimum absolute atomic E-state index is 0.0166. The van der Waals surface area contributed by atoms with Gasteiger partial charge in [0.05, 0.1) is 10.9 Å². The quantitative estimate of drug-likeness (QED) is 0.842. The molecule has 0 saturated carbocycles. The van der Waals surface area contributed by atoms with E-state index in [1.165, 1.54) is 5.38 Å². The standard InChI is InChI=1S/C14H16N2O5S/c1-3-5-9-15-11-10(7(6-22-11)13(18)19)12(17)16(9)8(4-2)14(20)21/h6,8H,3-5H2,1-2H3,(H,18,19)(H,20,21). The van der Waals surface area contributed by atoms with Gasteiger partial charge in [0.15, 0.2) is 0 Å². The van der Waals surface area contributed by atoms with E-state index in [1.807, 2.05) is 6.92 Å². The Hall–Kier alpha value is -2.22. The lowest BCUT2D eigenvalue weighted by Gasteiger charge is -2.18. The van der Waals surface area contributed by atoms with E-state index in [0.29, 0.717) is 23.5 Å². The molecule has 0 aliphatic carbocycles. The van der Waals surface area contributed by atoms with Crippen LogP contribution in [0.2, 0.25) is 0 Å². The molecule has 0 saturated heterocycles. The molecule has 1 unspecified atom stereocenters. The fourth-order valence-corrected chi connectivity index (χ4v) is 3.31. The van der Waals surface area contributed by atoms with Crippen molar-refractivity contribution in [3.05, 3.63) is 27.1 Å². The zero-order valence-electron chi connectivity index (χ0n) is 12.2. The van der Waals surface area contributed by atoms with Crippen molar-refractivity contribution >= 4 is 33.5 Å². The van der Waals surface area contributed by atoms with E-state index in [1.54, 1.807) is 6.92 Å². The van der Waals surface area contributed by atoms with E-state index in [4.69, 9.17) is 0 Å². The van der Waals surface area contributed by atoms with Gasteiger partial charge in [0, 0.05) is 11.8 Å². The van der Waals surface area contributed by atoms with Crippen LogP contribution in [-0.2, 0) is 11.2 Å². The van der Waals surface area contributed by atoms with E-state index in [0.717, 1.165) is 15.9 Å². The molecule has 2 N–H and O–H groups in total. The molecule has 0 amide bonds. The molecule has 0 aliphatic heterocycles. The third-order valence-corrected chi connectivity index (χ3v) is 4.27. The lowest BCUT2D eigenvalue weighted by molar-refractivity contribution is -0.141. The topological polar surface area (TPSA) is 109 Å². The van der Waals surface area contributed by atoms with Crippen molar-refractivity contribution < 1.29 is 19.8 Å². The van der Waals surface area contributed by atoms with Gasteiger partial charge in [0.2, 0.25) is 0 Å². The highest BCUT2D eigenvalue weighted by atomic mass is 32.1. The average molecular weight is 324 g/mol. The zero-order chi connectivity index (χ0) is 16.4. The van der Waals surface area contributed by atoms with Crippen LogP contribution >= 0.6 is 11.3 Å². The summed E-state index contributed by atoms with van der Waals surface area (Å²) in [6, 6.07) is -1.05. The van der Waals surface area contributed by atoms with Crippen LogP contribution in [0.4, 0.5) is 0 Å². The Labute approximate surface area is 129 Å². The average Bonchev–Trinajstić information content (AvgIpc) is 2.87. The summed E-state index contributed by atoms with van der Waals surface area (Å²) < 4.78 is 1.13. The second-order valence-corrected chi connectivity index (χ2v) is 5.71. The molecule has 7 nitrogen and oxygen atoms in total. The van der Waals surface area contributed by atoms with E-state index in [9.17, 15) is 24.6 Å². The molecule has 1 atom stereocenters. The van der Waals surface area contributed by atoms with Gasteiger partial charge in [0.1, 0.15) is 16.7 Å². The summed E-state index contributed by atoms with van der Waals surface area (Å²) in [5.74, 6) is -1.97. The number of carbonyl (C=O) groups is 2. The molecule has 0 bridgehead atoms. The number of thiophene rings is 1. The minimum Gasteiger partial charge on any atom is -0.480 e. The maximum absolute atomic E-state index is 12.7. The van der Waals surface area contributed by atoms with Crippen molar-refractivity contribution in [2.24, 2.45) is 0 Å². The highest BCUT2D eigenvalue weighted by Gasteiger charge is 2.26. The third kappa shape index (κ3) is 2.61. The summed E-state index contributed by atoms with van der Waals surface area (Å²) in [4.78, 5) is 40.1. The molecule has 0 aliphatic rings. The van der Waals surface area contributed by atoms with Crippen LogP contribution in [0.1, 0.15) is 48.9 Å². The summed E-state index contributed by atoms with van der Waals surface area (Å²) in [6.45, 7) is 3.57. The van der Waals surface area contributed by atoms with Gasteiger partial charge in [-0.15, -0.1) is 11.3 Å². The van der Waals surface area contributed by atoms with Gasteiger partial charge in [-0.3, -0.25) is 9.36 Å². The van der Waals surface area contributed by atoms with Crippen LogP contribution in [-0.4, -0.2) is 31.7 Å². The van der Waals surface area contributed by atoms with Gasteiger partial charge in [0.25, 0.3) is 5.56 Å². The van der Waals surface area contributed by atoms with Crippen molar-refractivity contribution in [3.63, 3.8) is 0 Å². The maximum Gasteiger partial charge on any atom is 0.337 e. The van der Waals surface area contributed by atoms with E-state index < -0.39 is 23.5 Å². The van der Waals surface area contributed by atoms with Crippen LogP contribution in [0.25, 0.3) is 10.2 Å². The zero-order valence-corrected chi connectivity index (χ0v) is 13.0. The number of fused-ring (bicyclic) bond motifs is 1. The molecule has 0 fully saturated rings. The summed E-state index contributed by atoms with van der Waals surface area (Å²) in [5, 5.41) is 19.9. The summed E-state index contributed by atoms with van der Waals surface area (Å²) in [6.07, 6.45) is 1.37. The first-order chi connectivity index (χ1) is 10.4. The largest absolute Gasteiger partial charge is 0.480 e. The second-order valence-electron chi connectivity index (χ2n) is 4.85. The Bertz CT molecular complexity index is 792. The molecule has 0 aromatic carbocycles. The normalized spacial score (nSPS) is 12.5. The van der Waals surface area contributed by atoms with Gasteiger partial charge in [-0.25, -0.2) is 14.6 Å². The number of aliphatic carboxylic acids is 1. The first kappa shape index (κ1) is 16.2. The van der Waals surface area contributed by atoms with Crippen LogP contribution < -0.4 is 5.56 Å². The first-order valence-corrected chi connectivity index (χ1v) is 7.79. The molecule has 8 heteroatoms. The van der Waals surface area contributed by atoms with Crippen LogP contribution in [0, 0.1) is 0 Å². The number of hydrogen-bond acceptors (Lipinski definition) is 5. The van der Waals surface area contributed by atoms with Crippen molar-refractivity contribution in [1.29, 1.82) is 0 Å². The number of carboxylic acid groups (broad SMARTS) is 2. The highest BCUT2D eigenvalue weighted by Crippen LogP contribution is 2.24. The van der Waals surface area contributed by atoms with Crippen molar-refractivity contribution in [2.45, 2.75) is 39.2 Å². The summed E-state index contributed by atoms with van der Waals surface area (Å²) >= 11 is 1.08. The Morgan fingerprint density at radius 3 is 2.55 bits per heavy atom. The minimum atomic E-state index is -1.22. The van der Waals surface area contributed by atoms with E-state index in [2.05, 4.69) is 4.98 Å². The molecular formula is C14H16N2O5S. The van der Waals surface area contributed by atoms with E-state index >= 15 is 0 Å². The fourth-order valence-electron chi connectivity index (χ4n) is 2.39. The van der Waals surface area contributed by atoms with Crippen LogP contribution in [0.3, 0.4) is 0 Å². The number of rotatable bonds is 6. The first-order valence-electron chi connectivity index (χ1n) is 6.91. The van der Waals surface area contributed by atoms with Crippen molar-refractivity contribution in [3.8, 4) is 0 Å². The molecule has 0 spiro atoms. The van der Waals surface area contributed by atoms with Gasteiger partial charge in [-0.05, 0) is 12.8 Å². The number of aromatic carboxylic acids is 1. The smallest absolute Gasteiger partial charge is 0.337 e. The molecule has 118 valence electrons. The van der Waals surface area contributed by atoms with Gasteiger partial charge < -0.3 is 10.2 Å². The molecule has 2 heterocycles.